The van der Waals surface area contributed by atoms with Gasteiger partial charge in [0.15, 0.2) is 0 Å². The zero-order chi connectivity index (χ0) is 22.7. The molecule has 0 saturated carbocycles. The summed E-state index contributed by atoms with van der Waals surface area (Å²) in [6.07, 6.45) is -1.89. The molecule has 14 nitrogen and oxygen atoms in total. The maximum atomic E-state index is 12.4. The predicted molar refractivity (Wildman–Crippen MR) is 93.3 cm³/mol. The second-order valence-corrected chi connectivity index (χ2v) is 6.01. The minimum atomic E-state index is -1.69. The topological polar surface area (TPSA) is 245 Å². The van der Waals surface area contributed by atoms with Crippen LogP contribution in [0, 0.1) is 0 Å². The van der Waals surface area contributed by atoms with Gasteiger partial charge in [-0.2, -0.15) is 0 Å². The Bertz CT molecular complexity index is 653. The Morgan fingerprint density at radius 3 is 1.79 bits per heavy atom. The van der Waals surface area contributed by atoms with E-state index in [0.29, 0.717) is 0 Å². The number of aliphatic hydroxyl groups excluding tert-OH is 1. The van der Waals surface area contributed by atoms with E-state index in [9.17, 15) is 28.8 Å². The molecule has 0 saturated heterocycles. The molecule has 4 atom stereocenters. The molecular formula is C15H24N4O10. The van der Waals surface area contributed by atoms with Crippen LogP contribution in [0.3, 0.4) is 0 Å². The minimum Gasteiger partial charge on any atom is -0.481 e. The van der Waals surface area contributed by atoms with Crippen LogP contribution >= 0.6 is 0 Å². The number of nitrogens with two attached hydrogens (primary N) is 1. The Kier molecular flexibility index (Phi) is 10.9. The largest absolute Gasteiger partial charge is 0.481 e. The summed E-state index contributed by atoms with van der Waals surface area (Å²) in [4.78, 5) is 68.9. The second kappa shape index (κ2) is 12.2. The van der Waals surface area contributed by atoms with E-state index in [1.165, 1.54) is 0 Å². The fourth-order valence-corrected chi connectivity index (χ4v) is 1.93. The van der Waals surface area contributed by atoms with Crippen molar-refractivity contribution in [2.45, 2.75) is 50.4 Å². The highest BCUT2D eigenvalue weighted by Gasteiger charge is 2.30. The van der Waals surface area contributed by atoms with Gasteiger partial charge in [-0.15, -0.1) is 0 Å². The highest BCUT2D eigenvalue weighted by Crippen LogP contribution is 2.02. The number of carbonyl (C=O) groups is 6. The molecule has 0 bridgehead atoms. The summed E-state index contributed by atoms with van der Waals surface area (Å²) >= 11 is 0. The maximum Gasteiger partial charge on any atom is 0.325 e. The summed E-state index contributed by atoms with van der Waals surface area (Å²) in [5, 5.41) is 41.5. The van der Waals surface area contributed by atoms with E-state index in [-0.39, 0.29) is 0 Å². The van der Waals surface area contributed by atoms with Gasteiger partial charge in [0.05, 0.1) is 13.0 Å². The minimum absolute atomic E-state index is 0.427. The highest BCUT2D eigenvalue weighted by atomic mass is 16.4. The second-order valence-electron chi connectivity index (χ2n) is 6.01. The van der Waals surface area contributed by atoms with Gasteiger partial charge in [0.25, 0.3) is 0 Å². The van der Waals surface area contributed by atoms with E-state index in [2.05, 4.69) is 10.6 Å². The van der Waals surface area contributed by atoms with E-state index in [0.717, 1.165) is 6.92 Å². The normalized spacial score (nSPS) is 14.6. The van der Waals surface area contributed by atoms with Crippen molar-refractivity contribution >= 4 is 35.6 Å². The van der Waals surface area contributed by atoms with Crippen LogP contribution in [0.4, 0.5) is 0 Å². The van der Waals surface area contributed by atoms with Crippen LogP contribution in [-0.2, 0) is 28.8 Å². The number of hydrogen-bond acceptors (Lipinski definition) is 8. The molecule has 0 aromatic heterocycles. The smallest absolute Gasteiger partial charge is 0.325 e. The Balaban J connectivity index is 5.38. The monoisotopic (exact) mass is 420 g/mol. The Morgan fingerprint density at radius 1 is 0.828 bits per heavy atom. The lowest BCUT2D eigenvalue weighted by molar-refractivity contribution is -0.143. The molecule has 29 heavy (non-hydrogen) atoms. The molecule has 0 spiro atoms. The first-order valence-corrected chi connectivity index (χ1v) is 8.33. The van der Waals surface area contributed by atoms with Crippen molar-refractivity contribution in [1.82, 2.24) is 16.0 Å². The average Bonchev–Trinajstić information content (AvgIpc) is 2.62. The standard InChI is InChI=1S/C15H24N4O10/c1-6(15(28)29)17-13(26)8(2-3-10(21)22)18-14(27)9(4-11(23)24)19-12(25)7(16)5-20/h6-9,20H,2-5,16H2,1H3,(H,17,26)(H,18,27)(H,19,25)(H,21,22)(H,23,24)(H,28,29)/t6-,7-,8-,9-/m0/s1. The third-order valence-corrected chi connectivity index (χ3v) is 3.55. The summed E-state index contributed by atoms with van der Waals surface area (Å²) in [7, 11) is 0. The molecule has 0 aromatic carbocycles. The van der Waals surface area contributed by atoms with Crippen molar-refractivity contribution in [1.29, 1.82) is 0 Å². The van der Waals surface area contributed by atoms with E-state index in [1.54, 1.807) is 0 Å². The van der Waals surface area contributed by atoms with Crippen molar-refractivity contribution in [3.05, 3.63) is 0 Å². The number of carbonyl (C=O) groups excluding carboxylic acids is 3. The number of aliphatic carboxylic acids is 3. The first kappa shape index (κ1) is 25.7. The van der Waals surface area contributed by atoms with Crippen molar-refractivity contribution in [3.8, 4) is 0 Å². The summed E-state index contributed by atoms with van der Waals surface area (Å²) in [6, 6.07) is -5.97. The zero-order valence-electron chi connectivity index (χ0n) is 15.5. The first-order valence-electron chi connectivity index (χ1n) is 8.33. The molecule has 0 aliphatic heterocycles. The first-order chi connectivity index (χ1) is 13.4. The predicted octanol–water partition coefficient (Wildman–Crippen LogP) is -3.80. The van der Waals surface area contributed by atoms with Crippen LogP contribution in [0.15, 0.2) is 0 Å². The number of amides is 3. The Hall–Kier alpha value is -3.26. The lowest BCUT2D eigenvalue weighted by Crippen LogP contribution is -2.57. The van der Waals surface area contributed by atoms with Crippen LogP contribution in [-0.4, -0.2) is 86.8 Å². The number of aliphatic hydroxyl groups is 1. The van der Waals surface area contributed by atoms with Gasteiger partial charge in [0.1, 0.15) is 24.2 Å². The molecule has 164 valence electrons. The number of nitrogens with one attached hydrogen (secondary N) is 3. The Labute approximate surface area is 164 Å². The van der Waals surface area contributed by atoms with Crippen LogP contribution < -0.4 is 21.7 Å². The van der Waals surface area contributed by atoms with E-state index >= 15 is 0 Å². The third-order valence-electron chi connectivity index (χ3n) is 3.55. The third kappa shape index (κ3) is 10.0. The molecule has 3 amide bonds. The lowest BCUT2D eigenvalue weighted by Gasteiger charge is -2.23. The maximum absolute atomic E-state index is 12.4. The fraction of sp³-hybridized carbons (Fsp3) is 0.600. The summed E-state index contributed by atoms with van der Waals surface area (Å²) < 4.78 is 0. The molecule has 0 radical (unpaired) electrons. The van der Waals surface area contributed by atoms with E-state index < -0.39 is 85.7 Å². The van der Waals surface area contributed by atoms with Crippen molar-refractivity contribution in [3.63, 3.8) is 0 Å². The zero-order valence-corrected chi connectivity index (χ0v) is 15.5. The number of rotatable bonds is 13. The van der Waals surface area contributed by atoms with Gasteiger partial charge in [0.2, 0.25) is 17.7 Å². The van der Waals surface area contributed by atoms with Crippen molar-refractivity contribution < 1.29 is 49.2 Å². The van der Waals surface area contributed by atoms with Gasteiger partial charge in [-0.05, 0) is 13.3 Å². The SMILES string of the molecule is C[C@H](NC(=O)[C@H](CCC(=O)O)NC(=O)[C@H](CC(=O)O)NC(=O)[C@@H](N)CO)C(=O)O. The molecule has 0 aliphatic carbocycles. The number of carboxylic acid groups (broad SMARTS) is 3. The molecule has 0 fully saturated rings. The van der Waals surface area contributed by atoms with E-state index in [4.69, 9.17) is 26.2 Å². The quantitative estimate of drug-likeness (QED) is 0.143. The molecule has 9 N–H and O–H groups in total. The highest BCUT2D eigenvalue weighted by molar-refractivity contribution is 5.95. The Morgan fingerprint density at radius 2 is 1.34 bits per heavy atom. The van der Waals surface area contributed by atoms with E-state index in [1.807, 2.05) is 5.32 Å². The summed E-state index contributed by atoms with van der Waals surface area (Å²) in [6.45, 7) is 0.365. The summed E-state index contributed by atoms with van der Waals surface area (Å²) in [5.41, 5.74) is 5.28. The van der Waals surface area contributed by atoms with Crippen LogP contribution in [0.2, 0.25) is 0 Å². The molecule has 0 aromatic rings. The van der Waals surface area contributed by atoms with Crippen LogP contribution in [0.1, 0.15) is 26.2 Å². The van der Waals surface area contributed by atoms with Gasteiger partial charge in [-0.1, -0.05) is 0 Å². The molecule has 0 heterocycles. The number of carboxylic acids is 3. The molecule has 0 unspecified atom stereocenters. The van der Waals surface area contributed by atoms with Crippen LogP contribution in [0.5, 0.6) is 0 Å². The van der Waals surface area contributed by atoms with Crippen molar-refractivity contribution in [2.75, 3.05) is 6.61 Å². The molecule has 0 aliphatic rings. The van der Waals surface area contributed by atoms with Gasteiger partial charge in [0, 0.05) is 6.42 Å². The van der Waals surface area contributed by atoms with Gasteiger partial charge < -0.3 is 42.1 Å². The molecular weight excluding hydrogens is 396 g/mol. The molecule has 14 heteroatoms. The van der Waals surface area contributed by atoms with Gasteiger partial charge in [-0.25, -0.2) is 0 Å². The fourth-order valence-electron chi connectivity index (χ4n) is 1.93. The van der Waals surface area contributed by atoms with Gasteiger partial charge in [-0.3, -0.25) is 28.8 Å². The van der Waals surface area contributed by atoms with Gasteiger partial charge >= 0.3 is 17.9 Å². The van der Waals surface area contributed by atoms with Crippen LogP contribution in [0.25, 0.3) is 0 Å². The van der Waals surface area contributed by atoms with Crippen molar-refractivity contribution in [2.24, 2.45) is 5.73 Å². The average molecular weight is 420 g/mol. The number of hydrogen-bond donors (Lipinski definition) is 8. The summed E-state index contributed by atoms with van der Waals surface area (Å²) in [5.74, 6) is -7.33. The molecule has 0 rings (SSSR count). The lowest BCUT2D eigenvalue weighted by atomic mass is 10.1.